The molecule has 104 valence electrons. The lowest BCUT2D eigenvalue weighted by molar-refractivity contribution is -0.384. The van der Waals surface area contributed by atoms with E-state index in [-0.39, 0.29) is 10.6 Å². The quantitative estimate of drug-likeness (QED) is 0.582. The number of benzene rings is 1. The molecule has 5 nitrogen and oxygen atoms in total. The molecule has 0 bridgehead atoms. The van der Waals surface area contributed by atoms with Crippen molar-refractivity contribution < 1.29 is 4.92 Å². The minimum absolute atomic E-state index is 0.129. The number of nitrogens with zero attached hydrogens (tertiary/aromatic N) is 1. The number of non-ortho nitro benzene ring substituents is 1. The maximum Gasteiger partial charge on any atom is 0.273 e. The van der Waals surface area contributed by atoms with E-state index in [4.69, 9.17) is 0 Å². The highest BCUT2D eigenvalue weighted by molar-refractivity contribution is 5.63. The van der Waals surface area contributed by atoms with E-state index >= 15 is 0 Å². The molecule has 0 atom stereocenters. The molecule has 2 rings (SSSR count). The molecule has 1 aliphatic carbocycles. The van der Waals surface area contributed by atoms with Crippen LogP contribution < -0.4 is 10.6 Å². The van der Waals surface area contributed by atoms with E-state index in [1.807, 2.05) is 13.0 Å². The van der Waals surface area contributed by atoms with Crippen LogP contribution in [0.15, 0.2) is 18.2 Å². The standard InChI is InChI=1S/C14H21N3O2/c1-2-15-12-8-13(10-14(9-12)17(18)19)16-7-6-11-4-3-5-11/h8-11,15-16H,2-7H2,1H3. The predicted molar refractivity (Wildman–Crippen MR) is 77.7 cm³/mol. The summed E-state index contributed by atoms with van der Waals surface area (Å²) in [6, 6.07) is 5.10. The van der Waals surface area contributed by atoms with Crippen LogP contribution in [0.2, 0.25) is 0 Å². The number of rotatable bonds is 7. The summed E-state index contributed by atoms with van der Waals surface area (Å²) in [6.07, 6.45) is 5.17. The van der Waals surface area contributed by atoms with E-state index in [0.717, 1.165) is 36.8 Å². The molecule has 0 heterocycles. The fraction of sp³-hybridized carbons (Fsp3) is 0.571. The van der Waals surface area contributed by atoms with Crippen molar-refractivity contribution in [1.82, 2.24) is 0 Å². The topological polar surface area (TPSA) is 67.2 Å². The SMILES string of the molecule is CCNc1cc(NCCC2CCC2)cc([N+](=O)[O-])c1. The van der Waals surface area contributed by atoms with E-state index in [1.165, 1.54) is 19.3 Å². The Morgan fingerprint density at radius 2 is 1.95 bits per heavy atom. The number of nitro benzene ring substituents is 1. The summed E-state index contributed by atoms with van der Waals surface area (Å²) in [5.41, 5.74) is 1.75. The molecule has 0 saturated heterocycles. The minimum atomic E-state index is -0.349. The van der Waals surface area contributed by atoms with Gasteiger partial charge >= 0.3 is 0 Å². The van der Waals surface area contributed by atoms with Crippen molar-refractivity contribution in [1.29, 1.82) is 0 Å². The number of nitro groups is 1. The Labute approximate surface area is 113 Å². The first-order valence-corrected chi connectivity index (χ1v) is 6.96. The highest BCUT2D eigenvalue weighted by Crippen LogP contribution is 2.29. The molecule has 19 heavy (non-hydrogen) atoms. The molecule has 1 aromatic rings. The molecular formula is C14H21N3O2. The Morgan fingerprint density at radius 1 is 1.26 bits per heavy atom. The maximum atomic E-state index is 10.9. The summed E-state index contributed by atoms with van der Waals surface area (Å²) in [5, 5.41) is 17.3. The molecule has 5 heteroatoms. The zero-order valence-corrected chi connectivity index (χ0v) is 11.3. The minimum Gasteiger partial charge on any atom is -0.385 e. The lowest BCUT2D eigenvalue weighted by atomic mass is 9.83. The average molecular weight is 263 g/mol. The predicted octanol–water partition coefficient (Wildman–Crippen LogP) is 3.63. The highest BCUT2D eigenvalue weighted by Gasteiger charge is 2.16. The summed E-state index contributed by atoms with van der Waals surface area (Å²) in [5.74, 6) is 0.847. The molecule has 1 saturated carbocycles. The number of nitrogens with one attached hydrogen (secondary N) is 2. The van der Waals surface area contributed by atoms with E-state index in [2.05, 4.69) is 10.6 Å². The second kappa shape index (κ2) is 6.41. The molecule has 0 aromatic heterocycles. The first-order valence-electron chi connectivity index (χ1n) is 6.96. The van der Waals surface area contributed by atoms with Gasteiger partial charge in [-0.25, -0.2) is 0 Å². The number of hydrogen-bond donors (Lipinski definition) is 2. The van der Waals surface area contributed by atoms with Crippen LogP contribution in [0.1, 0.15) is 32.6 Å². The lowest BCUT2D eigenvalue weighted by Gasteiger charge is -2.25. The zero-order chi connectivity index (χ0) is 13.7. The molecular weight excluding hydrogens is 242 g/mol. The Hall–Kier alpha value is -1.78. The Kier molecular flexibility index (Phi) is 4.60. The van der Waals surface area contributed by atoms with Crippen LogP contribution in [0.25, 0.3) is 0 Å². The second-order valence-electron chi connectivity index (χ2n) is 5.07. The van der Waals surface area contributed by atoms with Crippen molar-refractivity contribution in [2.24, 2.45) is 5.92 Å². The summed E-state index contributed by atoms with van der Waals surface area (Å²) in [4.78, 5) is 10.5. The van der Waals surface area contributed by atoms with E-state index in [0.29, 0.717) is 0 Å². The number of hydrogen-bond acceptors (Lipinski definition) is 4. The third-order valence-electron chi connectivity index (χ3n) is 3.62. The van der Waals surface area contributed by atoms with Gasteiger partial charge in [-0.15, -0.1) is 0 Å². The second-order valence-corrected chi connectivity index (χ2v) is 5.07. The van der Waals surface area contributed by atoms with Crippen LogP contribution in [0.5, 0.6) is 0 Å². The van der Waals surface area contributed by atoms with Gasteiger partial charge in [0.15, 0.2) is 0 Å². The van der Waals surface area contributed by atoms with Gasteiger partial charge in [0.25, 0.3) is 5.69 Å². The third kappa shape index (κ3) is 3.84. The van der Waals surface area contributed by atoms with Gasteiger partial charge in [0.1, 0.15) is 0 Å². The smallest absolute Gasteiger partial charge is 0.273 e. The van der Waals surface area contributed by atoms with E-state index < -0.39 is 0 Å². The molecule has 0 aliphatic heterocycles. The molecule has 0 spiro atoms. The molecule has 1 fully saturated rings. The monoisotopic (exact) mass is 263 g/mol. The Balaban J connectivity index is 1.98. The Morgan fingerprint density at radius 3 is 2.47 bits per heavy atom. The van der Waals surface area contributed by atoms with Crippen LogP contribution in [0, 0.1) is 16.0 Å². The Bertz CT molecular complexity index is 444. The van der Waals surface area contributed by atoms with Crippen LogP contribution >= 0.6 is 0 Å². The van der Waals surface area contributed by atoms with Crippen molar-refractivity contribution in [2.75, 3.05) is 23.7 Å². The summed E-state index contributed by atoms with van der Waals surface area (Å²) < 4.78 is 0. The summed E-state index contributed by atoms with van der Waals surface area (Å²) >= 11 is 0. The van der Waals surface area contributed by atoms with Crippen LogP contribution in [-0.2, 0) is 0 Å². The average Bonchev–Trinajstić information content (AvgIpc) is 2.32. The first kappa shape index (κ1) is 13.6. The number of anilines is 2. The summed E-state index contributed by atoms with van der Waals surface area (Å²) in [7, 11) is 0. The third-order valence-corrected chi connectivity index (χ3v) is 3.62. The fourth-order valence-corrected chi connectivity index (χ4v) is 2.33. The van der Waals surface area contributed by atoms with E-state index in [9.17, 15) is 10.1 Å². The first-order chi connectivity index (χ1) is 9.19. The van der Waals surface area contributed by atoms with Gasteiger partial charge in [-0.2, -0.15) is 0 Å². The van der Waals surface area contributed by atoms with Crippen LogP contribution in [0.3, 0.4) is 0 Å². The van der Waals surface area contributed by atoms with Crippen molar-refractivity contribution in [3.63, 3.8) is 0 Å². The van der Waals surface area contributed by atoms with Gasteiger partial charge in [-0.3, -0.25) is 10.1 Å². The molecule has 1 aromatic carbocycles. The van der Waals surface area contributed by atoms with Gasteiger partial charge in [-0.1, -0.05) is 19.3 Å². The van der Waals surface area contributed by atoms with Crippen molar-refractivity contribution in [2.45, 2.75) is 32.6 Å². The highest BCUT2D eigenvalue weighted by atomic mass is 16.6. The lowest BCUT2D eigenvalue weighted by Crippen LogP contribution is -2.15. The van der Waals surface area contributed by atoms with Crippen LogP contribution in [-0.4, -0.2) is 18.0 Å². The maximum absolute atomic E-state index is 10.9. The van der Waals surface area contributed by atoms with Crippen molar-refractivity contribution >= 4 is 17.1 Å². The zero-order valence-electron chi connectivity index (χ0n) is 11.3. The van der Waals surface area contributed by atoms with Gasteiger partial charge in [0, 0.05) is 36.6 Å². The molecule has 1 aliphatic rings. The molecule has 0 amide bonds. The molecule has 0 radical (unpaired) electrons. The largest absolute Gasteiger partial charge is 0.385 e. The van der Waals surface area contributed by atoms with Gasteiger partial charge in [0.2, 0.25) is 0 Å². The van der Waals surface area contributed by atoms with Gasteiger partial charge in [0.05, 0.1) is 4.92 Å². The normalized spacial score (nSPS) is 14.8. The fourth-order valence-electron chi connectivity index (χ4n) is 2.33. The van der Waals surface area contributed by atoms with Gasteiger partial charge < -0.3 is 10.6 Å². The van der Waals surface area contributed by atoms with Crippen molar-refractivity contribution in [3.05, 3.63) is 28.3 Å². The van der Waals surface area contributed by atoms with Gasteiger partial charge in [-0.05, 0) is 25.3 Å². The van der Waals surface area contributed by atoms with E-state index in [1.54, 1.807) is 12.1 Å². The molecule has 2 N–H and O–H groups in total. The van der Waals surface area contributed by atoms with Crippen LogP contribution in [0.4, 0.5) is 17.1 Å². The molecule has 0 unspecified atom stereocenters. The van der Waals surface area contributed by atoms with Crippen molar-refractivity contribution in [3.8, 4) is 0 Å². The summed E-state index contributed by atoms with van der Waals surface area (Å²) in [6.45, 7) is 3.61.